The van der Waals surface area contributed by atoms with Crippen molar-refractivity contribution in [1.29, 1.82) is 0 Å². The molecular weight excluding hydrogens is 218 g/mol. The van der Waals surface area contributed by atoms with Crippen molar-refractivity contribution in [2.45, 2.75) is 6.04 Å². The topological polar surface area (TPSA) is 56.7 Å². The fourth-order valence-electron chi connectivity index (χ4n) is 2.13. The molecule has 0 bridgehead atoms. The van der Waals surface area contributed by atoms with Gasteiger partial charge >= 0.3 is 5.97 Å². The van der Waals surface area contributed by atoms with E-state index in [2.05, 4.69) is 16.9 Å². The Morgan fingerprint density at radius 3 is 2.65 bits per heavy atom. The molecule has 17 heavy (non-hydrogen) atoms. The minimum absolute atomic E-state index is 0.572. The SMILES string of the molecule is CN1CCN(C(C(=O)O)c2cccnc2)CC1. The number of piperazine rings is 1. The molecule has 1 aliphatic rings. The standard InChI is InChI=1S/C12H17N3O2/c1-14-5-7-15(8-6-14)11(12(16)17)10-3-2-4-13-9-10/h2-4,9,11H,5-8H2,1H3,(H,16,17). The third-order valence-electron chi connectivity index (χ3n) is 3.14. The number of hydrogen-bond acceptors (Lipinski definition) is 4. The molecule has 5 heteroatoms. The van der Waals surface area contributed by atoms with Crippen molar-refractivity contribution in [3.05, 3.63) is 30.1 Å². The van der Waals surface area contributed by atoms with Gasteiger partial charge in [0.1, 0.15) is 6.04 Å². The van der Waals surface area contributed by atoms with E-state index < -0.39 is 12.0 Å². The summed E-state index contributed by atoms with van der Waals surface area (Å²) in [5, 5.41) is 9.36. The second-order valence-corrected chi connectivity index (χ2v) is 4.37. The van der Waals surface area contributed by atoms with Gasteiger partial charge in [0.15, 0.2) is 0 Å². The van der Waals surface area contributed by atoms with Crippen LogP contribution < -0.4 is 0 Å². The van der Waals surface area contributed by atoms with Crippen LogP contribution in [0.5, 0.6) is 0 Å². The summed E-state index contributed by atoms with van der Waals surface area (Å²) in [5.74, 6) is -0.803. The van der Waals surface area contributed by atoms with Crippen LogP contribution in [0.15, 0.2) is 24.5 Å². The van der Waals surface area contributed by atoms with Crippen LogP contribution in [0.3, 0.4) is 0 Å². The molecule has 1 unspecified atom stereocenters. The zero-order valence-electron chi connectivity index (χ0n) is 9.91. The molecule has 1 atom stereocenters. The van der Waals surface area contributed by atoms with Gasteiger partial charge in [-0.05, 0) is 18.7 Å². The lowest BCUT2D eigenvalue weighted by atomic mass is 10.1. The summed E-state index contributed by atoms with van der Waals surface area (Å²) in [6, 6.07) is 3.03. The molecule has 1 N–H and O–H groups in total. The maximum atomic E-state index is 11.4. The fraction of sp³-hybridized carbons (Fsp3) is 0.500. The molecule has 2 rings (SSSR count). The second kappa shape index (κ2) is 5.25. The molecule has 0 radical (unpaired) electrons. The minimum atomic E-state index is -0.803. The first kappa shape index (κ1) is 12.0. The first-order valence-electron chi connectivity index (χ1n) is 5.74. The van der Waals surface area contributed by atoms with E-state index in [-0.39, 0.29) is 0 Å². The van der Waals surface area contributed by atoms with Gasteiger partial charge < -0.3 is 10.0 Å². The molecule has 0 aromatic carbocycles. The molecule has 1 aromatic heterocycles. The molecule has 2 heterocycles. The van der Waals surface area contributed by atoms with Crippen LogP contribution in [0, 0.1) is 0 Å². The van der Waals surface area contributed by atoms with Gasteiger partial charge in [-0.25, -0.2) is 0 Å². The third kappa shape index (κ3) is 2.81. The molecule has 92 valence electrons. The van der Waals surface area contributed by atoms with E-state index in [0.29, 0.717) is 0 Å². The van der Waals surface area contributed by atoms with Crippen LogP contribution in [-0.4, -0.2) is 59.1 Å². The summed E-state index contributed by atoms with van der Waals surface area (Å²) in [5.41, 5.74) is 0.754. The van der Waals surface area contributed by atoms with E-state index >= 15 is 0 Å². The van der Waals surface area contributed by atoms with Crippen molar-refractivity contribution < 1.29 is 9.90 Å². The summed E-state index contributed by atoms with van der Waals surface area (Å²) in [6.45, 7) is 3.37. The zero-order valence-corrected chi connectivity index (χ0v) is 9.91. The quantitative estimate of drug-likeness (QED) is 0.824. The summed E-state index contributed by atoms with van der Waals surface area (Å²) >= 11 is 0. The number of likely N-dealkylation sites (N-methyl/N-ethyl adjacent to an activating group) is 1. The van der Waals surface area contributed by atoms with Crippen molar-refractivity contribution in [2.75, 3.05) is 33.2 Å². The lowest BCUT2D eigenvalue weighted by molar-refractivity contribution is -0.144. The number of nitrogens with zero attached hydrogens (tertiary/aromatic N) is 3. The second-order valence-electron chi connectivity index (χ2n) is 4.37. The maximum Gasteiger partial charge on any atom is 0.325 e. The van der Waals surface area contributed by atoms with Crippen LogP contribution in [0.1, 0.15) is 11.6 Å². The van der Waals surface area contributed by atoms with Gasteiger partial charge in [0, 0.05) is 38.6 Å². The number of aromatic nitrogens is 1. The molecule has 5 nitrogen and oxygen atoms in total. The predicted molar refractivity (Wildman–Crippen MR) is 63.7 cm³/mol. The van der Waals surface area contributed by atoms with Gasteiger partial charge in [0.25, 0.3) is 0 Å². The smallest absolute Gasteiger partial charge is 0.325 e. The van der Waals surface area contributed by atoms with E-state index in [0.717, 1.165) is 31.7 Å². The minimum Gasteiger partial charge on any atom is -0.480 e. The van der Waals surface area contributed by atoms with Crippen LogP contribution in [0.4, 0.5) is 0 Å². The largest absolute Gasteiger partial charge is 0.480 e. The van der Waals surface area contributed by atoms with Gasteiger partial charge in [-0.15, -0.1) is 0 Å². The van der Waals surface area contributed by atoms with Gasteiger partial charge in [0.2, 0.25) is 0 Å². The molecule has 0 aliphatic carbocycles. The Hall–Kier alpha value is -1.46. The highest BCUT2D eigenvalue weighted by atomic mass is 16.4. The van der Waals surface area contributed by atoms with Crippen LogP contribution in [0.2, 0.25) is 0 Å². The number of carboxylic acid groups (broad SMARTS) is 1. The Morgan fingerprint density at radius 1 is 1.41 bits per heavy atom. The predicted octanol–water partition coefficient (Wildman–Crippen LogP) is 0.455. The van der Waals surface area contributed by atoms with E-state index in [1.807, 2.05) is 11.0 Å². The molecule has 1 aliphatic heterocycles. The number of pyridine rings is 1. The molecule has 1 aromatic rings. The van der Waals surface area contributed by atoms with Gasteiger partial charge in [-0.1, -0.05) is 6.07 Å². The van der Waals surface area contributed by atoms with Crippen LogP contribution >= 0.6 is 0 Å². The summed E-state index contributed by atoms with van der Waals surface area (Å²) < 4.78 is 0. The monoisotopic (exact) mass is 235 g/mol. The fourth-order valence-corrected chi connectivity index (χ4v) is 2.13. The number of carbonyl (C=O) groups is 1. The Labute approximate surface area is 101 Å². The average Bonchev–Trinajstić information content (AvgIpc) is 2.33. The first-order chi connectivity index (χ1) is 8.18. The Balaban J connectivity index is 2.16. The van der Waals surface area contributed by atoms with E-state index in [1.165, 1.54) is 0 Å². The first-order valence-corrected chi connectivity index (χ1v) is 5.74. The third-order valence-corrected chi connectivity index (χ3v) is 3.14. The average molecular weight is 235 g/mol. The Bertz CT molecular complexity index is 375. The van der Waals surface area contributed by atoms with Gasteiger partial charge in [-0.3, -0.25) is 14.7 Å². The molecular formula is C12H17N3O2. The highest BCUT2D eigenvalue weighted by molar-refractivity contribution is 5.75. The van der Waals surface area contributed by atoms with E-state index in [4.69, 9.17) is 0 Å². The highest BCUT2D eigenvalue weighted by Gasteiger charge is 2.29. The van der Waals surface area contributed by atoms with Crippen molar-refractivity contribution in [2.24, 2.45) is 0 Å². The Morgan fingerprint density at radius 2 is 2.12 bits per heavy atom. The van der Waals surface area contributed by atoms with Crippen molar-refractivity contribution in [3.8, 4) is 0 Å². The number of carboxylic acids is 1. The van der Waals surface area contributed by atoms with Gasteiger partial charge in [-0.2, -0.15) is 0 Å². The zero-order chi connectivity index (χ0) is 12.3. The molecule has 1 saturated heterocycles. The van der Waals surface area contributed by atoms with E-state index in [1.54, 1.807) is 18.5 Å². The lowest BCUT2D eigenvalue weighted by Crippen LogP contribution is -2.47. The van der Waals surface area contributed by atoms with Crippen molar-refractivity contribution in [1.82, 2.24) is 14.8 Å². The van der Waals surface area contributed by atoms with Crippen molar-refractivity contribution >= 4 is 5.97 Å². The highest BCUT2D eigenvalue weighted by Crippen LogP contribution is 2.21. The molecule has 0 saturated carbocycles. The molecule has 0 spiro atoms. The number of rotatable bonds is 3. The summed E-state index contributed by atoms with van der Waals surface area (Å²) in [7, 11) is 2.05. The maximum absolute atomic E-state index is 11.4. The van der Waals surface area contributed by atoms with Crippen molar-refractivity contribution in [3.63, 3.8) is 0 Å². The molecule has 0 amide bonds. The Kier molecular flexibility index (Phi) is 3.71. The van der Waals surface area contributed by atoms with Crippen LogP contribution in [0.25, 0.3) is 0 Å². The lowest BCUT2D eigenvalue weighted by Gasteiger charge is -2.36. The van der Waals surface area contributed by atoms with Crippen LogP contribution in [-0.2, 0) is 4.79 Å². The number of aliphatic carboxylic acids is 1. The normalized spacial score (nSPS) is 20.1. The number of hydrogen-bond donors (Lipinski definition) is 1. The summed E-state index contributed by atoms with van der Waals surface area (Å²) in [4.78, 5) is 19.6. The van der Waals surface area contributed by atoms with Gasteiger partial charge in [0.05, 0.1) is 0 Å². The summed E-state index contributed by atoms with van der Waals surface area (Å²) in [6.07, 6.45) is 3.30. The molecule has 1 fully saturated rings. The van der Waals surface area contributed by atoms with E-state index in [9.17, 15) is 9.90 Å².